The molecule has 0 spiro atoms. The van der Waals surface area contributed by atoms with Crippen molar-refractivity contribution >= 4 is 71.5 Å². The van der Waals surface area contributed by atoms with Crippen LogP contribution < -0.4 is 48.3 Å². The highest BCUT2D eigenvalue weighted by atomic mass is 16.4. The third-order valence-electron chi connectivity index (χ3n) is 10.4. The zero-order valence-electron chi connectivity index (χ0n) is 39.4. The minimum atomic E-state index is -2.00. The summed E-state index contributed by atoms with van der Waals surface area (Å²) in [6.07, 6.45) is 1.80. The van der Waals surface area contributed by atoms with Gasteiger partial charge in [-0.15, -0.1) is 0 Å². The van der Waals surface area contributed by atoms with Gasteiger partial charge in [0, 0.05) is 49.5 Å². The van der Waals surface area contributed by atoms with E-state index in [-0.39, 0.29) is 18.5 Å². The lowest BCUT2D eigenvalue weighted by Crippen LogP contribution is -2.61. The minimum Gasteiger partial charge on any atom is -0.481 e. The molecule has 15 N–H and O–H groups in total. The van der Waals surface area contributed by atoms with E-state index < -0.39 is 163 Å². The molecule has 0 aromatic carbocycles. The molecule has 70 heavy (non-hydrogen) atoms. The summed E-state index contributed by atoms with van der Waals surface area (Å²) >= 11 is 0. The van der Waals surface area contributed by atoms with E-state index in [2.05, 4.69) is 62.5 Å². The molecule has 9 atom stereocenters. The number of carboxylic acid groups (broad SMARTS) is 3. The van der Waals surface area contributed by atoms with Crippen LogP contribution in [0.3, 0.4) is 0 Å². The van der Waals surface area contributed by atoms with Crippen molar-refractivity contribution in [3.05, 3.63) is 36.4 Å². The molecule has 28 nitrogen and oxygen atoms in total. The molecule has 0 fully saturated rings. The fourth-order valence-electron chi connectivity index (χ4n) is 6.31. The van der Waals surface area contributed by atoms with Crippen molar-refractivity contribution in [1.29, 1.82) is 0 Å². The molecule has 0 aliphatic carbocycles. The van der Waals surface area contributed by atoms with Gasteiger partial charge in [-0.25, -0.2) is 9.97 Å². The first-order valence-electron chi connectivity index (χ1n) is 22.1. The molecule has 0 aliphatic heterocycles. The van der Waals surface area contributed by atoms with Crippen LogP contribution in [0.25, 0.3) is 0 Å². The van der Waals surface area contributed by atoms with E-state index in [0.717, 1.165) is 0 Å². The molecule has 0 unspecified atom stereocenters. The van der Waals surface area contributed by atoms with Gasteiger partial charge in [0.15, 0.2) is 0 Å². The maximum atomic E-state index is 14.0. The van der Waals surface area contributed by atoms with E-state index >= 15 is 0 Å². The van der Waals surface area contributed by atoms with E-state index in [1.54, 1.807) is 27.7 Å². The number of imidazole rings is 2. The summed E-state index contributed by atoms with van der Waals surface area (Å²) in [6, 6.07) is -12.9. The molecule has 386 valence electrons. The van der Waals surface area contributed by atoms with Crippen molar-refractivity contribution < 1.29 is 72.9 Å². The molecule has 28 heteroatoms. The molecule has 8 amide bonds. The summed E-state index contributed by atoms with van der Waals surface area (Å²) in [4.78, 5) is 167. The average molecular weight is 990 g/mol. The van der Waals surface area contributed by atoms with E-state index in [9.17, 15) is 72.9 Å². The van der Waals surface area contributed by atoms with Crippen LogP contribution in [0.5, 0.6) is 0 Å². The van der Waals surface area contributed by atoms with Crippen LogP contribution >= 0.6 is 0 Å². The number of hydrogen-bond acceptors (Lipinski definition) is 15. The number of aromatic nitrogens is 4. The van der Waals surface area contributed by atoms with Crippen LogP contribution in [0, 0.1) is 11.8 Å². The van der Waals surface area contributed by atoms with E-state index in [1.807, 2.05) is 0 Å². The highest BCUT2D eigenvalue weighted by molar-refractivity contribution is 5.99. The Morgan fingerprint density at radius 1 is 0.529 bits per heavy atom. The van der Waals surface area contributed by atoms with Gasteiger partial charge in [-0.2, -0.15) is 0 Å². The molecule has 2 rings (SSSR count). The Hall–Kier alpha value is -7.78. The average Bonchev–Trinajstić information content (AvgIpc) is 4.01. The SMILES string of the molecule is CC(C)[C@H](N)C(=O)N[C@@H](CCC(=O)O)C(=O)N[C@@H](CCC(=O)O)C(=O)N[C@@H](CC(=O)O)C(=O)N[C@@H](Cc1cnc[nH]1)C(=O)N[C@H](C(=O)N[C@@H](C)C(=O)N[C@@H](Cc1cnc[nH]1)C(=O)N[C@@H](C)C=O)C(C)C. The summed E-state index contributed by atoms with van der Waals surface area (Å²) in [7, 11) is 0. The van der Waals surface area contributed by atoms with Crippen LogP contribution in [-0.2, 0) is 70.4 Å². The number of amides is 8. The second-order valence-corrected chi connectivity index (χ2v) is 17.0. The number of rotatable bonds is 31. The number of nitrogens with two attached hydrogens (primary N) is 1. The first-order valence-corrected chi connectivity index (χ1v) is 22.1. The summed E-state index contributed by atoms with van der Waals surface area (Å²) < 4.78 is 0. The number of aromatic amines is 2. The van der Waals surface area contributed by atoms with E-state index in [1.165, 1.54) is 38.9 Å². The smallest absolute Gasteiger partial charge is 0.305 e. The Balaban J connectivity index is 2.36. The van der Waals surface area contributed by atoms with Crippen LogP contribution in [-0.4, -0.2) is 161 Å². The second kappa shape index (κ2) is 28.5. The number of carbonyl (C=O) groups is 12. The van der Waals surface area contributed by atoms with Gasteiger partial charge in [-0.05, 0) is 38.5 Å². The fraction of sp³-hybridized carbons (Fsp3) is 0.571. The fourth-order valence-corrected chi connectivity index (χ4v) is 6.31. The Labute approximate surface area is 401 Å². The van der Waals surface area contributed by atoms with Gasteiger partial charge in [-0.3, -0.25) is 52.7 Å². The molecule has 0 aliphatic rings. The monoisotopic (exact) mass is 989 g/mol. The summed E-state index contributed by atoms with van der Waals surface area (Å²) in [5.74, 6) is -13.4. The van der Waals surface area contributed by atoms with Gasteiger partial charge in [0.1, 0.15) is 48.6 Å². The maximum Gasteiger partial charge on any atom is 0.305 e. The van der Waals surface area contributed by atoms with Gasteiger partial charge >= 0.3 is 17.9 Å². The molecule has 0 bridgehead atoms. The largest absolute Gasteiger partial charge is 0.481 e. The van der Waals surface area contributed by atoms with Gasteiger partial charge in [0.25, 0.3) is 0 Å². The van der Waals surface area contributed by atoms with E-state index in [0.29, 0.717) is 12.0 Å². The topological polar surface area (TPSA) is 445 Å². The number of carboxylic acids is 3. The molecule has 0 radical (unpaired) electrons. The Morgan fingerprint density at radius 3 is 1.36 bits per heavy atom. The highest BCUT2D eigenvalue weighted by Crippen LogP contribution is 2.10. The van der Waals surface area contributed by atoms with Crippen molar-refractivity contribution in [1.82, 2.24) is 62.5 Å². The Morgan fingerprint density at radius 2 is 0.943 bits per heavy atom. The van der Waals surface area contributed by atoms with Crippen molar-refractivity contribution in [2.24, 2.45) is 17.6 Å². The van der Waals surface area contributed by atoms with Crippen molar-refractivity contribution in [3.63, 3.8) is 0 Å². The third kappa shape index (κ3) is 20.2. The Kier molecular flexibility index (Phi) is 23.8. The van der Waals surface area contributed by atoms with Crippen molar-refractivity contribution in [2.75, 3.05) is 0 Å². The highest BCUT2D eigenvalue weighted by Gasteiger charge is 2.36. The molecule has 2 aromatic rings. The van der Waals surface area contributed by atoms with Gasteiger partial charge in [-0.1, -0.05) is 27.7 Å². The van der Waals surface area contributed by atoms with Crippen LogP contribution in [0.1, 0.15) is 85.0 Å². The number of hydrogen-bond donors (Lipinski definition) is 14. The third-order valence-corrected chi connectivity index (χ3v) is 10.4. The van der Waals surface area contributed by atoms with Gasteiger partial charge in [0.05, 0.1) is 31.2 Å². The molecule has 0 saturated carbocycles. The normalized spacial score (nSPS) is 14.9. The predicted molar refractivity (Wildman–Crippen MR) is 241 cm³/mol. The number of H-pyrrole nitrogens is 2. The van der Waals surface area contributed by atoms with E-state index in [4.69, 9.17) is 5.73 Å². The molecular formula is C42H63N13O15. The number of aliphatic carboxylic acids is 3. The first kappa shape index (κ1) is 58.3. The number of aldehydes is 1. The summed E-state index contributed by atoms with van der Waals surface area (Å²) in [5, 5.41) is 47.4. The number of nitrogens with one attached hydrogen (secondary N) is 10. The summed E-state index contributed by atoms with van der Waals surface area (Å²) in [5.41, 5.74) is 6.61. The summed E-state index contributed by atoms with van der Waals surface area (Å²) in [6.45, 7) is 9.06. The lowest BCUT2D eigenvalue weighted by atomic mass is 10.0. The van der Waals surface area contributed by atoms with Gasteiger partial charge in [0.2, 0.25) is 47.3 Å². The quantitative estimate of drug-likeness (QED) is 0.0319. The first-order chi connectivity index (χ1) is 32.8. The molecule has 2 heterocycles. The Bertz CT molecular complexity index is 2150. The minimum absolute atomic E-state index is 0.0666. The van der Waals surface area contributed by atoms with Crippen molar-refractivity contribution in [3.8, 4) is 0 Å². The molecule has 2 aromatic heterocycles. The second-order valence-electron chi connectivity index (χ2n) is 17.0. The predicted octanol–water partition coefficient (Wildman–Crippen LogP) is -4.12. The van der Waals surface area contributed by atoms with Crippen LogP contribution in [0.15, 0.2) is 25.0 Å². The zero-order valence-corrected chi connectivity index (χ0v) is 39.4. The standard InChI is InChI=1S/C42H63N13O15/c1-19(2)33(43)41(69)51-26(8-10-31(59)60)36(64)50-25(7-9-30(57)58)37(65)54-29(13-32(61)62)39(67)53-28(12-24-15-45-18-47-24)40(68)55-34(20(3)4)42(70)49-22(6)35(63)52-27(11-23-14-44-17-46-23)38(66)48-21(5)16-56/h14-22,25-29,33-34H,7-13,43H2,1-6H3,(H,44,46)(H,45,47)(H,48,66)(H,49,70)(H,50,64)(H,51,69)(H,52,63)(H,53,67)(H,54,65)(H,55,68)(H,57,58)(H,59,60)(H,61,62)/t21-,22-,25-,26-,27-,28-,29-,33-,34-/m0/s1. The molecule has 0 saturated heterocycles. The molecular weight excluding hydrogens is 927 g/mol. The number of nitrogens with zero attached hydrogens (tertiary/aromatic N) is 2. The lowest BCUT2D eigenvalue weighted by molar-refractivity contribution is -0.142. The van der Waals surface area contributed by atoms with Crippen LogP contribution in [0.2, 0.25) is 0 Å². The zero-order chi connectivity index (χ0) is 52.8. The maximum absolute atomic E-state index is 14.0. The lowest BCUT2D eigenvalue weighted by Gasteiger charge is -2.28. The van der Waals surface area contributed by atoms with Crippen molar-refractivity contribution in [2.45, 2.75) is 141 Å². The van der Waals surface area contributed by atoms with Crippen LogP contribution in [0.4, 0.5) is 0 Å². The number of carbonyl (C=O) groups excluding carboxylic acids is 9. The van der Waals surface area contributed by atoms with Gasteiger partial charge < -0.3 is 78.4 Å².